The zero-order valence-electron chi connectivity index (χ0n) is 13.7. The molecule has 2 unspecified atom stereocenters. The molecule has 0 aliphatic rings. The van der Waals surface area contributed by atoms with E-state index in [-0.39, 0.29) is 29.1 Å². The third kappa shape index (κ3) is 5.46. The van der Waals surface area contributed by atoms with Crippen molar-refractivity contribution in [2.45, 2.75) is 47.1 Å². The van der Waals surface area contributed by atoms with Crippen molar-refractivity contribution in [1.82, 2.24) is 5.32 Å². The molecular weight excluding hydrogens is 267 g/mol. The molecule has 1 aromatic carbocycles. The minimum Gasteiger partial charge on any atom is -0.349 e. The molecule has 0 aromatic heterocycles. The standard InChI is InChI=1S/C17H27FN2O/c1-11-6-7-13(8-15(11)18)12(2)20-16(21)14(10-19)9-17(3,4)5/h6-8,12,14H,9-10,19H2,1-5H3,(H,20,21). The molecular formula is C17H27FN2O. The van der Waals surface area contributed by atoms with Gasteiger partial charge in [0.15, 0.2) is 0 Å². The van der Waals surface area contributed by atoms with E-state index in [2.05, 4.69) is 26.1 Å². The Labute approximate surface area is 127 Å². The summed E-state index contributed by atoms with van der Waals surface area (Å²) in [5, 5.41) is 2.93. The van der Waals surface area contributed by atoms with E-state index in [0.29, 0.717) is 12.1 Å². The van der Waals surface area contributed by atoms with E-state index < -0.39 is 0 Å². The average molecular weight is 294 g/mol. The number of hydrogen-bond donors (Lipinski definition) is 2. The lowest BCUT2D eigenvalue weighted by Gasteiger charge is -2.26. The molecule has 0 heterocycles. The summed E-state index contributed by atoms with van der Waals surface area (Å²) in [6.45, 7) is 10.1. The Kier molecular flexibility index (Phi) is 5.90. The van der Waals surface area contributed by atoms with E-state index in [9.17, 15) is 9.18 Å². The fourth-order valence-electron chi connectivity index (χ4n) is 2.32. The number of amides is 1. The molecule has 0 saturated carbocycles. The van der Waals surface area contributed by atoms with E-state index in [1.807, 2.05) is 13.0 Å². The van der Waals surface area contributed by atoms with Crippen molar-refractivity contribution in [3.63, 3.8) is 0 Å². The van der Waals surface area contributed by atoms with Crippen molar-refractivity contribution < 1.29 is 9.18 Å². The zero-order valence-corrected chi connectivity index (χ0v) is 13.7. The first kappa shape index (κ1) is 17.6. The molecule has 2 atom stereocenters. The summed E-state index contributed by atoms with van der Waals surface area (Å²) < 4.78 is 13.6. The van der Waals surface area contributed by atoms with Crippen LogP contribution in [0.25, 0.3) is 0 Å². The third-order valence-electron chi connectivity index (χ3n) is 3.57. The average Bonchev–Trinajstić information content (AvgIpc) is 2.37. The van der Waals surface area contributed by atoms with Gasteiger partial charge >= 0.3 is 0 Å². The van der Waals surface area contributed by atoms with E-state index >= 15 is 0 Å². The smallest absolute Gasteiger partial charge is 0.224 e. The minimum absolute atomic E-state index is 0.0422. The van der Waals surface area contributed by atoms with Gasteiger partial charge in [0, 0.05) is 6.54 Å². The summed E-state index contributed by atoms with van der Waals surface area (Å²) in [6, 6.07) is 4.80. The Bertz CT molecular complexity index is 494. The summed E-state index contributed by atoms with van der Waals surface area (Å²) in [7, 11) is 0. The molecule has 1 amide bonds. The van der Waals surface area contributed by atoms with Crippen molar-refractivity contribution in [2.24, 2.45) is 17.1 Å². The molecule has 0 aliphatic heterocycles. The van der Waals surface area contributed by atoms with Crippen LogP contribution in [0.3, 0.4) is 0 Å². The Balaban J connectivity index is 2.74. The molecule has 0 radical (unpaired) electrons. The largest absolute Gasteiger partial charge is 0.349 e. The third-order valence-corrected chi connectivity index (χ3v) is 3.57. The number of rotatable bonds is 5. The lowest BCUT2D eigenvalue weighted by molar-refractivity contribution is -0.126. The molecule has 0 fully saturated rings. The number of carbonyl (C=O) groups excluding carboxylic acids is 1. The van der Waals surface area contributed by atoms with Gasteiger partial charge in [0.2, 0.25) is 5.91 Å². The highest BCUT2D eigenvalue weighted by molar-refractivity contribution is 5.79. The highest BCUT2D eigenvalue weighted by Gasteiger charge is 2.24. The molecule has 3 N–H and O–H groups in total. The maximum atomic E-state index is 13.6. The van der Waals surface area contributed by atoms with Crippen molar-refractivity contribution in [1.29, 1.82) is 0 Å². The maximum Gasteiger partial charge on any atom is 0.224 e. The highest BCUT2D eigenvalue weighted by atomic mass is 19.1. The van der Waals surface area contributed by atoms with Gasteiger partial charge in [-0.25, -0.2) is 4.39 Å². The van der Waals surface area contributed by atoms with E-state index in [1.165, 1.54) is 6.07 Å². The molecule has 4 heteroatoms. The molecule has 3 nitrogen and oxygen atoms in total. The first-order valence-corrected chi connectivity index (χ1v) is 7.40. The molecule has 0 bridgehead atoms. The summed E-state index contributed by atoms with van der Waals surface area (Å²) >= 11 is 0. The van der Waals surface area contributed by atoms with Gasteiger partial charge in [-0.15, -0.1) is 0 Å². The molecule has 0 aliphatic carbocycles. The van der Waals surface area contributed by atoms with E-state index in [4.69, 9.17) is 5.73 Å². The van der Waals surface area contributed by atoms with E-state index in [1.54, 1.807) is 13.0 Å². The van der Waals surface area contributed by atoms with Gasteiger partial charge in [0.25, 0.3) is 0 Å². The van der Waals surface area contributed by atoms with Crippen molar-refractivity contribution in [2.75, 3.05) is 6.54 Å². The predicted molar refractivity (Wildman–Crippen MR) is 84.3 cm³/mol. The Hall–Kier alpha value is -1.42. The molecule has 0 spiro atoms. The van der Waals surface area contributed by atoms with Crippen LogP contribution in [0.2, 0.25) is 0 Å². The molecule has 0 saturated heterocycles. The molecule has 1 rings (SSSR count). The molecule has 1 aromatic rings. The normalized spacial score (nSPS) is 14.6. The first-order valence-electron chi connectivity index (χ1n) is 7.40. The Morgan fingerprint density at radius 1 is 1.38 bits per heavy atom. The monoisotopic (exact) mass is 294 g/mol. The second kappa shape index (κ2) is 7.03. The van der Waals surface area contributed by atoms with Crippen LogP contribution in [0.5, 0.6) is 0 Å². The summed E-state index contributed by atoms with van der Waals surface area (Å²) in [6.07, 6.45) is 0.727. The fourth-order valence-corrected chi connectivity index (χ4v) is 2.32. The van der Waals surface area contributed by atoms with Gasteiger partial charge < -0.3 is 11.1 Å². The molecule has 118 valence electrons. The van der Waals surface area contributed by atoms with Crippen LogP contribution >= 0.6 is 0 Å². The van der Waals surface area contributed by atoms with Gasteiger partial charge in [-0.3, -0.25) is 4.79 Å². The lowest BCUT2D eigenvalue weighted by atomic mass is 9.84. The highest BCUT2D eigenvalue weighted by Crippen LogP contribution is 2.25. The van der Waals surface area contributed by atoms with Gasteiger partial charge in [-0.1, -0.05) is 32.9 Å². The van der Waals surface area contributed by atoms with Crippen LogP contribution in [-0.2, 0) is 4.79 Å². The Morgan fingerprint density at radius 3 is 2.48 bits per heavy atom. The quantitative estimate of drug-likeness (QED) is 0.875. The van der Waals surface area contributed by atoms with Gasteiger partial charge in [-0.05, 0) is 42.9 Å². The summed E-state index contributed by atoms with van der Waals surface area (Å²) in [5.41, 5.74) is 7.12. The number of nitrogens with one attached hydrogen (secondary N) is 1. The predicted octanol–water partition coefficient (Wildman–Crippen LogP) is 3.32. The van der Waals surface area contributed by atoms with Crippen molar-refractivity contribution >= 4 is 5.91 Å². The van der Waals surface area contributed by atoms with E-state index in [0.717, 1.165) is 12.0 Å². The molecule has 21 heavy (non-hydrogen) atoms. The number of hydrogen-bond acceptors (Lipinski definition) is 2. The zero-order chi connectivity index (χ0) is 16.2. The second-order valence-corrected chi connectivity index (χ2v) is 6.94. The van der Waals surface area contributed by atoms with Crippen molar-refractivity contribution in [3.05, 3.63) is 35.1 Å². The number of carbonyl (C=O) groups is 1. The summed E-state index contributed by atoms with van der Waals surface area (Å²) in [4.78, 5) is 12.3. The van der Waals surface area contributed by atoms with Crippen molar-refractivity contribution in [3.8, 4) is 0 Å². The fraction of sp³-hybridized carbons (Fsp3) is 0.588. The van der Waals surface area contributed by atoms with Crippen LogP contribution < -0.4 is 11.1 Å². The Morgan fingerprint density at radius 2 is 2.00 bits per heavy atom. The van der Waals surface area contributed by atoms with Crippen LogP contribution in [0, 0.1) is 24.1 Å². The SMILES string of the molecule is Cc1ccc(C(C)NC(=O)C(CN)CC(C)(C)C)cc1F. The number of benzene rings is 1. The number of nitrogens with two attached hydrogens (primary N) is 1. The van der Waals surface area contributed by atoms with Gasteiger partial charge in [0.1, 0.15) is 5.82 Å². The summed E-state index contributed by atoms with van der Waals surface area (Å²) in [5.74, 6) is -0.540. The number of halogens is 1. The minimum atomic E-state index is -0.251. The van der Waals surface area contributed by atoms with Crippen LogP contribution in [0.4, 0.5) is 4.39 Å². The van der Waals surface area contributed by atoms with Gasteiger partial charge in [0.05, 0.1) is 12.0 Å². The van der Waals surface area contributed by atoms with Crippen LogP contribution in [0.15, 0.2) is 18.2 Å². The van der Waals surface area contributed by atoms with Crippen LogP contribution in [-0.4, -0.2) is 12.5 Å². The number of aryl methyl sites for hydroxylation is 1. The first-order chi connectivity index (χ1) is 9.64. The maximum absolute atomic E-state index is 13.6. The lowest BCUT2D eigenvalue weighted by Crippen LogP contribution is -2.38. The van der Waals surface area contributed by atoms with Crippen LogP contribution in [0.1, 0.15) is 51.3 Å². The van der Waals surface area contributed by atoms with Gasteiger partial charge in [-0.2, -0.15) is 0 Å². The second-order valence-electron chi connectivity index (χ2n) is 6.94. The topological polar surface area (TPSA) is 55.1 Å².